The van der Waals surface area contributed by atoms with E-state index < -0.39 is 0 Å². The number of carbonyl (C=O) groups excluding carboxylic acids is 1. The van der Waals surface area contributed by atoms with Gasteiger partial charge in [0.25, 0.3) is 0 Å². The molecule has 9 nitrogen and oxygen atoms in total. The molecule has 2 aromatic carbocycles. The Kier molecular flexibility index (Phi) is 5.42. The number of phenols is 1. The third-order valence-corrected chi connectivity index (χ3v) is 5.07. The third-order valence-electron chi connectivity index (χ3n) is 5.07. The second-order valence-corrected chi connectivity index (χ2v) is 7.00. The number of urea groups is 1. The lowest BCUT2D eigenvalue weighted by Crippen LogP contribution is -2.39. The van der Waals surface area contributed by atoms with Crippen molar-refractivity contribution in [1.82, 2.24) is 15.3 Å². The molecule has 1 fully saturated rings. The second-order valence-electron chi connectivity index (χ2n) is 7.00. The first-order valence-electron chi connectivity index (χ1n) is 9.55. The molecule has 2 amide bonds. The predicted octanol–water partition coefficient (Wildman–Crippen LogP) is 2.75. The molecule has 9 heteroatoms. The van der Waals surface area contributed by atoms with Gasteiger partial charge in [-0.2, -0.15) is 0 Å². The lowest BCUT2D eigenvalue weighted by Gasteiger charge is -2.20. The molecule has 0 radical (unpaired) electrons. The second kappa shape index (κ2) is 8.32. The number of hydrogen-bond donors (Lipinski definition) is 3. The van der Waals surface area contributed by atoms with Gasteiger partial charge in [-0.15, -0.1) is 0 Å². The number of phenolic OH excluding ortho intramolecular Hbond substituents is 1. The van der Waals surface area contributed by atoms with Gasteiger partial charge in [0.2, 0.25) is 0 Å². The smallest absolute Gasteiger partial charge is 0.319 e. The van der Waals surface area contributed by atoms with Gasteiger partial charge in [-0.1, -0.05) is 0 Å². The van der Waals surface area contributed by atoms with Gasteiger partial charge in [-0.25, -0.2) is 14.8 Å². The van der Waals surface area contributed by atoms with Crippen LogP contribution >= 0.6 is 0 Å². The predicted molar refractivity (Wildman–Crippen MR) is 114 cm³/mol. The fourth-order valence-electron chi connectivity index (χ4n) is 3.59. The van der Waals surface area contributed by atoms with E-state index >= 15 is 0 Å². The zero-order valence-electron chi connectivity index (χ0n) is 16.8. The topological polar surface area (TPSA) is 109 Å². The Morgan fingerprint density at radius 1 is 1.13 bits per heavy atom. The van der Waals surface area contributed by atoms with E-state index in [-0.39, 0.29) is 17.8 Å². The summed E-state index contributed by atoms with van der Waals surface area (Å²) in [5.74, 6) is 2.17. The van der Waals surface area contributed by atoms with Crippen LogP contribution in [0.25, 0.3) is 10.9 Å². The SMILES string of the molecule is COc1cc2ncnc(N3CCC(NC(=O)Nc4ccc(O)cc4)C3)c2cc1OC. The zero-order valence-corrected chi connectivity index (χ0v) is 16.8. The molecule has 0 bridgehead atoms. The van der Waals surface area contributed by atoms with E-state index in [0.29, 0.717) is 23.7 Å². The minimum absolute atomic E-state index is 0.0210. The van der Waals surface area contributed by atoms with Crippen molar-refractivity contribution in [3.63, 3.8) is 0 Å². The normalized spacial score (nSPS) is 15.8. The summed E-state index contributed by atoms with van der Waals surface area (Å²) in [6.45, 7) is 1.38. The van der Waals surface area contributed by atoms with Crippen LogP contribution in [0.15, 0.2) is 42.7 Å². The summed E-state index contributed by atoms with van der Waals surface area (Å²) in [4.78, 5) is 23.3. The molecule has 156 valence electrons. The van der Waals surface area contributed by atoms with Gasteiger partial charge in [-0.3, -0.25) is 0 Å². The first-order chi connectivity index (χ1) is 14.6. The van der Waals surface area contributed by atoms with E-state index in [1.54, 1.807) is 26.4 Å². The highest BCUT2D eigenvalue weighted by Crippen LogP contribution is 2.35. The maximum Gasteiger partial charge on any atom is 0.319 e. The number of nitrogens with zero attached hydrogens (tertiary/aromatic N) is 3. The van der Waals surface area contributed by atoms with Crippen molar-refractivity contribution in [2.45, 2.75) is 12.5 Å². The van der Waals surface area contributed by atoms with Crippen molar-refractivity contribution in [3.8, 4) is 17.2 Å². The van der Waals surface area contributed by atoms with Crippen LogP contribution < -0.4 is 25.0 Å². The van der Waals surface area contributed by atoms with Crippen molar-refractivity contribution < 1.29 is 19.4 Å². The van der Waals surface area contributed by atoms with E-state index in [4.69, 9.17) is 9.47 Å². The van der Waals surface area contributed by atoms with Crippen molar-refractivity contribution in [2.75, 3.05) is 37.5 Å². The molecule has 3 N–H and O–H groups in total. The van der Waals surface area contributed by atoms with Gasteiger partial charge in [0.1, 0.15) is 17.9 Å². The van der Waals surface area contributed by atoms with Crippen LogP contribution in [0.4, 0.5) is 16.3 Å². The Bertz CT molecular complexity index is 1060. The van der Waals surface area contributed by atoms with Crippen molar-refractivity contribution in [2.24, 2.45) is 0 Å². The average molecular weight is 409 g/mol. The minimum Gasteiger partial charge on any atom is -0.508 e. The number of benzene rings is 2. The molecule has 3 aromatic rings. The summed E-state index contributed by atoms with van der Waals surface area (Å²) in [5.41, 5.74) is 1.38. The highest BCUT2D eigenvalue weighted by atomic mass is 16.5. The van der Waals surface area contributed by atoms with Gasteiger partial charge in [0, 0.05) is 36.3 Å². The number of hydrogen-bond acceptors (Lipinski definition) is 7. The molecule has 4 rings (SSSR count). The highest BCUT2D eigenvalue weighted by Gasteiger charge is 2.26. The van der Waals surface area contributed by atoms with Crippen molar-refractivity contribution in [1.29, 1.82) is 0 Å². The standard InChI is InChI=1S/C21H23N5O4/c1-29-18-9-16-17(10-19(18)30-2)22-12-23-20(16)26-8-7-14(11-26)25-21(28)24-13-3-5-15(27)6-4-13/h3-6,9-10,12,14,27H,7-8,11H2,1-2H3,(H2,24,25,28). The zero-order chi connectivity index (χ0) is 21.1. The van der Waals surface area contributed by atoms with E-state index in [9.17, 15) is 9.90 Å². The molecule has 2 heterocycles. The maximum absolute atomic E-state index is 12.3. The number of fused-ring (bicyclic) bond motifs is 1. The number of carbonyl (C=O) groups is 1. The van der Waals surface area contributed by atoms with Gasteiger partial charge in [-0.05, 0) is 36.8 Å². The van der Waals surface area contributed by atoms with Gasteiger partial charge in [0.05, 0.1) is 19.7 Å². The largest absolute Gasteiger partial charge is 0.508 e. The van der Waals surface area contributed by atoms with Crippen LogP contribution in [0.2, 0.25) is 0 Å². The van der Waals surface area contributed by atoms with Crippen LogP contribution in [0.1, 0.15) is 6.42 Å². The quantitative estimate of drug-likeness (QED) is 0.556. The van der Waals surface area contributed by atoms with E-state index in [2.05, 4.69) is 25.5 Å². The molecule has 1 aliphatic heterocycles. The summed E-state index contributed by atoms with van der Waals surface area (Å²) >= 11 is 0. The molecule has 1 atom stereocenters. The number of methoxy groups -OCH3 is 2. The number of anilines is 2. The van der Waals surface area contributed by atoms with Crippen molar-refractivity contribution in [3.05, 3.63) is 42.7 Å². The summed E-state index contributed by atoms with van der Waals surface area (Å²) < 4.78 is 10.8. The fourth-order valence-corrected chi connectivity index (χ4v) is 3.59. The number of amides is 2. The molecular weight excluding hydrogens is 386 g/mol. The number of nitrogens with one attached hydrogen (secondary N) is 2. The third kappa shape index (κ3) is 4.00. The maximum atomic E-state index is 12.3. The number of ether oxygens (including phenoxy) is 2. The van der Waals surface area contributed by atoms with Gasteiger partial charge in [0.15, 0.2) is 11.5 Å². The lowest BCUT2D eigenvalue weighted by atomic mass is 10.2. The van der Waals surface area contributed by atoms with E-state index in [0.717, 1.165) is 29.7 Å². The molecular formula is C21H23N5O4. The van der Waals surface area contributed by atoms with E-state index in [1.807, 2.05) is 12.1 Å². The number of aromatic hydroxyl groups is 1. The van der Waals surface area contributed by atoms with E-state index in [1.165, 1.54) is 18.5 Å². The average Bonchev–Trinajstić information content (AvgIpc) is 3.21. The Hall–Kier alpha value is -3.75. The molecule has 1 unspecified atom stereocenters. The molecule has 30 heavy (non-hydrogen) atoms. The fraction of sp³-hybridized carbons (Fsp3) is 0.286. The van der Waals surface area contributed by atoms with Crippen LogP contribution in [-0.4, -0.2) is 54.5 Å². The summed E-state index contributed by atoms with van der Waals surface area (Å²) in [7, 11) is 3.18. The Morgan fingerprint density at radius 2 is 1.87 bits per heavy atom. The van der Waals surface area contributed by atoms with Gasteiger partial charge >= 0.3 is 6.03 Å². The summed E-state index contributed by atoms with van der Waals surface area (Å²) in [6, 6.07) is 9.73. The first kappa shape index (κ1) is 19.6. The number of rotatable bonds is 5. The molecule has 0 aliphatic carbocycles. The molecule has 0 spiro atoms. The lowest BCUT2D eigenvalue weighted by molar-refractivity contribution is 0.249. The Morgan fingerprint density at radius 3 is 2.60 bits per heavy atom. The van der Waals surface area contributed by atoms with Crippen LogP contribution in [0.5, 0.6) is 17.2 Å². The van der Waals surface area contributed by atoms with Crippen LogP contribution in [-0.2, 0) is 0 Å². The summed E-state index contributed by atoms with van der Waals surface area (Å²) in [6.07, 6.45) is 2.32. The number of aromatic nitrogens is 2. The van der Waals surface area contributed by atoms with Crippen LogP contribution in [0, 0.1) is 0 Å². The molecule has 1 aromatic heterocycles. The molecule has 1 aliphatic rings. The molecule has 1 saturated heterocycles. The minimum atomic E-state index is -0.286. The molecule has 0 saturated carbocycles. The summed E-state index contributed by atoms with van der Waals surface area (Å²) in [5, 5.41) is 16.0. The van der Waals surface area contributed by atoms with Crippen LogP contribution in [0.3, 0.4) is 0 Å². The highest BCUT2D eigenvalue weighted by molar-refractivity contribution is 5.92. The van der Waals surface area contributed by atoms with Crippen molar-refractivity contribution >= 4 is 28.4 Å². The monoisotopic (exact) mass is 409 g/mol. The first-order valence-corrected chi connectivity index (χ1v) is 9.55. The Balaban J connectivity index is 1.47. The van der Waals surface area contributed by atoms with Gasteiger partial charge < -0.3 is 30.1 Å². The Labute approximate surface area is 173 Å².